The minimum absolute atomic E-state index is 0.126. The minimum atomic E-state index is -0.472. The van der Waals surface area contributed by atoms with Crippen LogP contribution in [0.25, 0.3) is 0 Å². The fraction of sp³-hybridized carbons (Fsp3) is 0.917. The lowest BCUT2D eigenvalue weighted by Gasteiger charge is -2.24. The van der Waals surface area contributed by atoms with Gasteiger partial charge in [-0.05, 0) is 20.8 Å². The van der Waals surface area contributed by atoms with E-state index in [1.54, 1.807) is 7.05 Å². The number of nitrogens with one attached hydrogen (secondary N) is 1. The number of hydrogen-bond acceptors (Lipinski definition) is 5. The Balaban J connectivity index is 3.52. The number of amides is 1. The number of nitrogens with zero attached hydrogens (tertiary/aromatic N) is 1. The molecule has 0 saturated heterocycles. The van der Waals surface area contributed by atoms with Crippen molar-refractivity contribution < 1.29 is 19.4 Å². The zero-order valence-corrected chi connectivity index (χ0v) is 11.9. The molecular weight excluding hydrogens is 236 g/mol. The number of likely N-dealkylation sites (N-methyl/N-ethyl adjacent to an activating group) is 1. The zero-order chi connectivity index (χ0) is 14.0. The van der Waals surface area contributed by atoms with Crippen LogP contribution in [0.1, 0.15) is 20.8 Å². The molecule has 0 aliphatic rings. The molecule has 0 saturated carbocycles. The van der Waals surface area contributed by atoms with E-state index >= 15 is 0 Å². The van der Waals surface area contributed by atoms with Gasteiger partial charge in [-0.1, -0.05) is 0 Å². The van der Waals surface area contributed by atoms with Crippen LogP contribution >= 0.6 is 0 Å². The van der Waals surface area contributed by atoms with E-state index in [9.17, 15) is 4.79 Å². The zero-order valence-electron chi connectivity index (χ0n) is 11.9. The first kappa shape index (κ1) is 17.2. The van der Waals surface area contributed by atoms with Crippen LogP contribution in [0.4, 0.5) is 4.79 Å². The highest BCUT2D eigenvalue weighted by molar-refractivity contribution is 5.67. The van der Waals surface area contributed by atoms with Gasteiger partial charge in [0.1, 0.15) is 5.60 Å². The second kappa shape index (κ2) is 9.13. The maximum Gasteiger partial charge on any atom is 0.410 e. The van der Waals surface area contributed by atoms with Gasteiger partial charge in [0.25, 0.3) is 0 Å². The van der Waals surface area contributed by atoms with Crippen LogP contribution in [-0.4, -0.2) is 68.2 Å². The summed E-state index contributed by atoms with van der Waals surface area (Å²) in [5, 5.41) is 11.5. The summed E-state index contributed by atoms with van der Waals surface area (Å²) < 4.78 is 10.5. The third-order valence-electron chi connectivity index (χ3n) is 1.99. The van der Waals surface area contributed by atoms with Crippen LogP contribution in [0.3, 0.4) is 0 Å². The molecule has 0 aliphatic heterocycles. The maximum atomic E-state index is 11.6. The molecule has 2 N–H and O–H groups in total. The minimum Gasteiger partial charge on any atom is -0.444 e. The van der Waals surface area contributed by atoms with Crippen molar-refractivity contribution in [2.45, 2.75) is 26.4 Å². The number of rotatable bonds is 8. The summed E-state index contributed by atoms with van der Waals surface area (Å²) in [7, 11) is 1.68. The van der Waals surface area contributed by atoms with E-state index in [2.05, 4.69) is 5.32 Å². The summed E-state index contributed by atoms with van der Waals surface area (Å²) in [6.07, 6.45) is -0.343. The van der Waals surface area contributed by atoms with Crippen LogP contribution in [0, 0.1) is 0 Å². The normalized spacial score (nSPS) is 11.4. The van der Waals surface area contributed by atoms with E-state index in [-0.39, 0.29) is 12.7 Å². The first-order valence-corrected chi connectivity index (χ1v) is 6.20. The van der Waals surface area contributed by atoms with Gasteiger partial charge in [-0.25, -0.2) is 4.79 Å². The Labute approximate surface area is 109 Å². The number of hydrogen-bond donors (Lipinski definition) is 2. The average molecular weight is 262 g/mol. The smallest absolute Gasteiger partial charge is 0.410 e. The molecule has 0 radical (unpaired) electrons. The summed E-state index contributed by atoms with van der Waals surface area (Å²) in [6.45, 7) is 8.42. The molecule has 6 nitrogen and oxygen atoms in total. The predicted octanol–water partition coefficient (Wildman–Crippen LogP) is 0.452. The van der Waals surface area contributed by atoms with Crippen LogP contribution in [0.2, 0.25) is 0 Å². The highest BCUT2D eigenvalue weighted by Gasteiger charge is 2.19. The van der Waals surface area contributed by atoms with E-state index in [4.69, 9.17) is 14.6 Å². The van der Waals surface area contributed by atoms with Gasteiger partial charge in [-0.2, -0.15) is 0 Å². The van der Waals surface area contributed by atoms with Crippen molar-refractivity contribution in [3.8, 4) is 0 Å². The highest BCUT2D eigenvalue weighted by Crippen LogP contribution is 2.08. The summed E-state index contributed by atoms with van der Waals surface area (Å²) in [4.78, 5) is 13.1. The van der Waals surface area contributed by atoms with Crippen molar-refractivity contribution in [1.82, 2.24) is 10.2 Å². The number of ether oxygens (including phenoxy) is 2. The lowest BCUT2D eigenvalue weighted by molar-refractivity contribution is 0.0233. The van der Waals surface area contributed by atoms with Gasteiger partial charge >= 0.3 is 6.09 Å². The third kappa shape index (κ3) is 10.3. The van der Waals surface area contributed by atoms with E-state index in [0.717, 1.165) is 0 Å². The fourth-order valence-corrected chi connectivity index (χ4v) is 1.08. The molecule has 0 aromatic heterocycles. The molecule has 0 bridgehead atoms. The quantitative estimate of drug-likeness (QED) is 0.622. The molecule has 0 atom stereocenters. The first-order chi connectivity index (χ1) is 8.37. The molecule has 0 aromatic carbocycles. The average Bonchev–Trinajstić information content (AvgIpc) is 2.25. The summed E-state index contributed by atoms with van der Waals surface area (Å²) in [5.41, 5.74) is -0.472. The molecule has 0 rings (SSSR count). The van der Waals surface area contributed by atoms with Gasteiger partial charge < -0.3 is 24.8 Å². The molecule has 0 heterocycles. The van der Waals surface area contributed by atoms with Gasteiger partial charge in [0, 0.05) is 26.7 Å². The first-order valence-electron chi connectivity index (χ1n) is 6.20. The molecule has 6 heteroatoms. The Kier molecular flexibility index (Phi) is 8.70. The standard InChI is InChI=1S/C12H26N2O4/c1-12(2,3)18-11(16)14(4)7-10-17-9-6-13-5-8-15/h13,15H,5-10H2,1-4H3. The van der Waals surface area contributed by atoms with Crippen molar-refractivity contribution >= 4 is 6.09 Å². The van der Waals surface area contributed by atoms with E-state index < -0.39 is 5.60 Å². The van der Waals surface area contributed by atoms with Crippen LogP contribution in [0.15, 0.2) is 0 Å². The van der Waals surface area contributed by atoms with Crippen molar-refractivity contribution in [2.75, 3.05) is 46.5 Å². The molecule has 1 amide bonds. The van der Waals surface area contributed by atoms with E-state index in [1.807, 2.05) is 20.8 Å². The predicted molar refractivity (Wildman–Crippen MR) is 69.6 cm³/mol. The summed E-state index contributed by atoms with van der Waals surface area (Å²) in [6, 6.07) is 0. The highest BCUT2D eigenvalue weighted by atomic mass is 16.6. The fourth-order valence-electron chi connectivity index (χ4n) is 1.08. The monoisotopic (exact) mass is 262 g/mol. The molecule has 108 valence electrons. The molecule has 0 spiro atoms. The SMILES string of the molecule is CN(CCOCCNCCO)C(=O)OC(C)(C)C. The van der Waals surface area contributed by atoms with Gasteiger partial charge in [-0.3, -0.25) is 0 Å². The Bertz CT molecular complexity index is 229. The van der Waals surface area contributed by atoms with Gasteiger partial charge in [0.05, 0.1) is 19.8 Å². The van der Waals surface area contributed by atoms with Crippen molar-refractivity contribution in [3.05, 3.63) is 0 Å². The Morgan fingerprint density at radius 3 is 2.50 bits per heavy atom. The molecule has 0 unspecified atom stereocenters. The number of aliphatic hydroxyl groups is 1. The Morgan fingerprint density at radius 2 is 1.94 bits per heavy atom. The third-order valence-corrected chi connectivity index (χ3v) is 1.99. The summed E-state index contributed by atoms with van der Waals surface area (Å²) in [5.74, 6) is 0. The van der Waals surface area contributed by atoms with Crippen LogP contribution in [-0.2, 0) is 9.47 Å². The lowest BCUT2D eigenvalue weighted by atomic mass is 10.2. The van der Waals surface area contributed by atoms with Crippen molar-refractivity contribution in [1.29, 1.82) is 0 Å². The molecular formula is C12H26N2O4. The topological polar surface area (TPSA) is 71.0 Å². The number of aliphatic hydroxyl groups excluding tert-OH is 1. The Hall–Kier alpha value is -0.850. The van der Waals surface area contributed by atoms with E-state index in [1.165, 1.54) is 4.90 Å². The molecule has 0 aliphatic carbocycles. The maximum absolute atomic E-state index is 11.6. The number of carbonyl (C=O) groups is 1. The second-order valence-electron chi connectivity index (χ2n) is 4.99. The molecule has 18 heavy (non-hydrogen) atoms. The van der Waals surface area contributed by atoms with E-state index in [0.29, 0.717) is 32.8 Å². The lowest BCUT2D eigenvalue weighted by Crippen LogP contribution is -2.36. The second-order valence-corrected chi connectivity index (χ2v) is 4.99. The number of carbonyl (C=O) groups excluding carboxylic acids is 1. The largest absolute Gasteiger partial charge is 0.444 e. The summed E-state index contributed by atoms with van der Waals surface area (Å²) >= 11 is 0. The van der Waals surface area contributed by atoms with Crippen molar-refractivity contribution in [3.63, 3.8) is 0 Å². The van der Waals surface area contributed by atoms with Gasteiger partial charge in [0.2, 0.25) is 0 Å². The Morgan fingerprint density at radius 1 is 1.28 bits per heavy atom. The molecule has 0 aromatic rings. The van der Waals surface area contributed by atoms with Gasteiger partial charge in [-0.15, -0.1) is 0 Å². The van der Waals surface area contributed by atoms with Gasteiger partial charge in [0.15, 0.2) is 0 Å². The molecule has 0 fully saturated rings. The van der Waals surface area contributed by atoms with Crippen LogP contribution in [0.5, 0.6) is 0 Å². The van der Waals surface area contributed by atoms with Crippen LogP contribution < -0.4 is 5.32 Å². The van der Waals surface area contributed by atoms with Crippen molar-refractivity contribution in [2.24, 2.45) is 0 Å².